The second kappa shape index (κ2) is 3.90. The van der Waals surface area contributed by atoms with E-state index >= 15 is 0 Å². The van der Waals surface area contributed by atoms with Crippen LogP contribution in [0.5, 0.6) is 0 Å². The molecule has 0 aromatic rings. The highest BCUT2D eigenvalue weighted by Gasteiger charge is 2.34. The van der Waals surface area contributed by atoms with Gasteiger partial charge in [0.2, 0.25) is 0 Å². The van der Waals surface area contributed by atoms with Crippen LogP contribution in [0.25, 0.3) is 0 Å². The minimum Gasteiger partial charge on any atom is -0.244 e. The number of allylic oxidation sites excluding steroid dienone is 1. The predicted octanol–water partition coefficient (Wildman–Crippen LogP) is -0.686. The first kappa shape index (κ1) is 8.97. The number of hydrazine groups is 1. The Morgan fingerprint density at radius 3 is 2.67 bits per heavy atom. The third-order valence-corrected chi connectivity index (χ3v) is 1.70. The van der Waals surface area contributed by atoms with Crippen LogP contribution in [0.4, 0.5) is 0 Å². The summed E-state index contributed by atoms with van der Waals surface area (Å²) in [5, 5.41) is 0. The van der Waals surface area contributed by atoms with Crippen molar-refractivity contribution >= 4 is 7.94 Å². The number of hydrogen-bond donors (Lipinski definition) is 4. The standard InChI is InChI=1S/C3H10N2O3P/c1-2-3-9(6,7)8-5-4/h2,5-7H,1,3-4H2/q+1. The molecule has 54 valence electrons. The highest BCUT2D eigenvalue weighted by Crippen LogP contribution is 2.49. The topological polar surface area (TPSA) is 87.7 Å². The second-order valence-corrected chi connectivity index (χ2v) is 3.22. The van der Waals surface area contributed by atoms with Crippen LogP contribution in [0.1, 0.15) is 0 Å². The van der Waals surface area contributed by atoms with Gasteiger partial charge in [-0.25, -0.2) is 5.84 Å². The smallest absolute Gasteiger partial charge is 0.244 e. The van der Waals surface area contributed by atoms with Crippen molar-refractivity contribution in [3.8, 4) is 0 Å². The molecule has 0 heterocycles. The normalized spacial score (nSPS) is 11.4. The predicted molar refractivity (Wildman–Crippen MR) is 34.8 cm³/mol. The summed E-state index contributed by atoms with van der Waals surface area (Å²) in [7, 11) is -3.30. The van der Waals surface area contributed by atoms with Gasteiger partial charge in [-0.2, -0.15) is 9.79 Å². The molecule has 0 amide bonds. The Morgan fingerprint density at radius 1 is 1.78 bits per heavy atom. The van der Waals surface area contributed by atoms with E-state index in [1.807, 2.05) is 0 Å². The van der Waals surface area contributed by atoms with Crippen LogP contribution in [-0.4, -0.2) is 15.9 Å². The fourth-order valence-corrected chi connectivity index (χ4v) is 0.870. The Bertz CT molecular complexity index is 97.1. The fourth-order valence-electron chi connectivity index (χ4n) is 0.290. The zero-order chi connectivity index (χ0) is 7.33. The van der Waals surface area contributed by atoms with Crippen molar-refractivity contribution in [3.63, 3.8) is 0 Å². The molecule has 0 aliphatic carbocycles. The van der Waals surface area contributed by atoms with Gasteiger partial charge in [-0.1, -0.05) is 16.8 Å². The van der Waals surface area contributed by atoms with E-state index in [9.17, 15) is 0 Å². The molecule has 0 aromatic carbocycles. The number of nitrogens with one attached hydrogen (secondary N) is 1. The highest BCUT2D eigenvalue weighted by atomic mass is 31.2. The first-order chi connectivity index (χ1) is 4.12. The van der Waals surface area contributed by atoms with Crippen LogP contribution in [0.15, 0.2) is 12.7 Å². The minimum absolute atomic E-state index is 0.00278. The Labute approximate surface area is 53.6 Å². The van der Waals surface area contributed by atoms with Crippen LogP contribution >= 0.6 is 7.94 Å². The fraction of sp³-hybridized carbons (Fsp3) is 0.333. The van der Waals surface area contributed by atoms with Crippen molar-refractivity contribution in [2.24, 2.45) is 5.84 Å². The van der Waals surface area contributed by atoms with Crippen LogP contribution in [0.2, 0.25) is 0 Å². The van der Waals surface area contributed by atoms with Gasteiger partial charge in [0.1, 0.15) is 0 Å². The first-order valence-corrected chi connectivity index (χ1v) is 4.01. The minimum atomic E-state index is -3.30. The van der Waals surface area contributed by atoms with E-state index < -0.39 is 7.94 Å². The van der Waals surface area contributed by atoms with Gasteiger partial charge >= 0.3 is 7.94 Å². The van der Waals surface area contributed by atoms with Crippen molar-refractivity contribution in [2.45, 2.75) is 0 Å². The largest absolute Gasteiger partial charge is 0.434 e. The number of nitrogens with two attached hydrogens (primary N) is 1. The molecular formula is C3H10N2O3P+. The summed E-state index contributed by atoms with van der Waals surface area (Å²) in [5.74, 6) is 4.65. The van der Waals surface area contributed by atoms with E-state index in [-0.39, 0.29) is 6.16 Å². The molecule has 9 heavy (non-hydrogen) atoms. The lowest BCUT2D eigenvalue weighted by Gasteiger charge is -2.05. The van der Waals surface area contributed by atoms with Crippen molar-refractivity contribution in [3.05, 3.63) is 12.7 Å². The first-order valence-electron chi connectivity index (χ1n) is 2.21. The van der Waals surface area contributed by atoms with Gasteiger partial charge in [0.25, 0.3) is 0 Å². The lowest BCUT2D eigenvalue weighted by molar-refractivity contribution is 0.148. The monoisotopic (exact) mass is 153 g/mol. The quantitative estimate of drug-likeness (QED) is 0.186. The average Bonchev–Trinajstić information content (AvgIpc) is 1.64. The second-order valence-electron chi connectivity index (χ2n) is 1.35. The van der Waals surface area contributed by atoms with Crippen LogP contribution in [0.3, 0.4) is 0 Å². The third kappa shape index (κ3) is 4.47. The SMILES string of the molecule is C=CC[P+](O)(O)ONN. The molecule has 0 aliphatic rings. The summed E-state index contributed by atoms with van der Waals surface area (Å²) in [6.45, 7) is 3.29. The molecule has 0 rings (SSSR count). The maximum atomic E-state index is 8.75. The van der Waals surface area contributed by atoms with Gasteiger partial charge in [-0.05, 0) is 6.08 Å². The molecule has 0 atom stereocenters. The molecule has 0 aliphatic heterocycles. The van der Waals surface area contributed by atoms with E-state index in [0.717, 1.165) is 0 Å². The summed E-state index contributed by atoms with van der Waals surface area (Å²) < 4.78 is 4.15. The summed E-state index contributed by atoms with van der Waals surface area (Å²) in [4.78, 5) is 17.5. The lowest BCUT2D eigenvalue weighted by Crippen LogP contribution is -2.23. The van der Waals surface area contributed by atoms with Gasteiger partial charge in [-0.3, -0.25) is 0 Å². The maximum absolute atomic E-state index is 8.75. The molecule has 0 unspecified atom stereocenters. The van der Waals surface area contributed by atoms with Gasteiger partial charge in [0.05, 0.1) is 0 Å². The zero-order valence-electron chi connectivity index (χ0n) is 4.82. The molecule has 0 fully saturated rings. The molecule has 5 nitrogen and oxygen atoms in total. The van der Waals surface area contributed by atoms with E-state index in [2.05, 4.69) is 17.0 Å². The van der Waals surface area contributed by atoms with E-state index in [4.69, 9.17) is 9.79 Å². The Hall–Kier alpha value is -0.0300. The zero-order valence-corrected chi connectivity index (χ0v) is 5.71. The van der Waals surface area contributed by atoms with E-state index in [1.54, 1.807) is 5.59 Å². The molecule has 0 aromatic heterocycles. The maximum Gasteiger partial charge on any atom is 0.434 e. The summed E-state index contributed by atoms with van der Waals surface area (Å²) in [6.07, 6.45) is 1.34. The van der Waals surface area contributed by atoms with E-state index in [0.29, 0.717) is 0 Å². The molecule has 0 saturated heterocycles. The van der Waals surface area contributed by atoms with Crippen molar-refractivity contribution in [1.29, 1.82) is 0 Å². The van der Waals surface area contributed by atoms with Gasteiger partial charge in [-0.15, -0.1) is 0 Å². The highest BCUT2D eigenvalue weighted by molar-refractivity contribution is 7.59. The third-order valence-electron chi connectivity index (χ3n) is 0.566. The van der Waals surface area contributed by atoms with Crippen molar-refractivity contribution in [2.75, 3.05) is 6.16 Å². The molecular weight excluding hydrogens is 143 g/mol. The molecule has 0 bridgehead atoms. The van der Waals surface area contributed by atoms with Crippen LogP contribution in [-0.2, 0) is 4.62 Å². The summed E-state index contributed by atoms with van der Waals surface area (Å²) >= 11 is 0. The van der Waals surface area contributed by atoms with Crippen LogP contribution < -0.4 is 11.4 Å². The number of hydrogen-bond acceptors (Lipinski definition) is 5. The molecule has 0 radical (unpaired) electrons. The van der Waals surface area contributed by atoms with Crippen molar-refractivity contribution in [1.82, 2.24) is 5.59 Å². The Morgan fingerprint density at radius 2 is 2.33 bits per heavy atom. The molecule has 0 spiro atoms. The lowest BCUT2D eigenvalue weighted by atomic mass is 10.8. The van der Waals surface area contributed by atoms with Gasteiger partial charge < -0.3 is 0 Å². The van der Waals surface area contributed by atoms with Gasteiger partial charge in [0, 0.05) is 0 Å². The summed E-state index contributed by atoms with van der Waals surface area (Å²) in [5.41, 5.74) is 1.69. The van der Waals surface area contributed by atoms with Crippen molar-refractivity contribution < 1.29 is 14.4 Å². The average molecular weight is 153 g/mol. The Balaban J connectivity index is 3.55. The van der Waals surface area contributed by atoms with Gasteiger partial charge in [0.15, 0.2) is 6.16 Å². The van der Waals surface area contributed by atoms with E-state index in [1.165, 1.54) is 6.08 Å². The molecule has 5 N–H and O–H groups in total. The molecule has 0 saturated carbocycles. The van der Waals surface area contributed by atoms with Crippen LogP contribution in [0, 0.1) is 0 Å². The summed E-state index contributed by atoms with van der Waals surface area (Å²) in [6, 6.07) is 0. The molecule has 6 heteroatoms. The Kier molecular flexibility index (Phi) is 3.88. The number of rotatable bonds is 4.